The Labute approximate surface area is 126 Å². The fourth-order valence-corrected chi connectivity index (χ4v) is 4.92. The fourth-order valence-electron chi connectivity index (χ4n) is 3.29. The molecule has 1 fully saturated rings. The highest BCUT2D eigenvalue weighted by molar-refractivity contribution is 8.00. The number of rotatable bonds is 5. The fraction of sp³-hybridized carbons (Fsp3) is 0.647. The van der Waals surface area contributed by atoms with E-state index in [-0.39, 0.29) is 0 Å². The van der Waals surface area contributed by atoms with Crippen LogP contribution in [-0.4, -0.2) is 30.3 Å². The lowest BCUT2D eigenvalue weighted by atomic mass is 10.1. The van der Waals surface area contributed by atoms with Crippen LogP contribution in [0.5, 0.6) is 0 Å². The molecule has 0 amide bonds. The zero-order valence-corrected chi connectivity index (χ0v) is 13.1. The van der Waals surface area contributed by atoms with Gasteiger partial charge in [0, 0.05) is 29.8 Å². The zero-order valence-electron chi connectivity index (χ0n) is 12.3. The highest BCUT2D eigenvalue weighted by Crippen LogP contribution is 2.41. The second-order valence-electron chi connectivity index (χ2n) is 5.82. The normalized spacial score (nSPS) is 26.6. The number of nitrogens with one attached hydrogen (secondary N) is 1. The van der Waals surface area contributed by atoms with Gasteiger partial charge in [0.15, 0.2) is 0 Å². The van der Waals surface area contributed by atoms with Crippen LogP contribution in [0.15, 0.2) is 24.3 Å². The van der Waals surface area contributed by atoms with Gasteiger partial charge >= 0.3 is 0 Å². The van der Waals surface area contributed by atoms with Crippen molar-refractivity contribution in [2.24, 2.45) is 0 Å². The Balaban J connectivity index is 1.69. The van der Waals surface area contributed by atoms with Crippen molar-refractivity contribution in [1.29, 1.82) is 0 Å². The van der Waals surface area contributed by atoms with E-state index in [0.717, 1.165) is 25.0 Å². The van der Waals surface area contributed by atoms with Crippen LogP contribution in [0, 0.1) is 0 Å². The van der Waals surface area contributed by atoms with E-state index >= 15 is 0 Å². The van der Waals surface area contributed by atoms with E-state index in [1.807, 2.05) is 0 Å². The minimum absolute atomic E-state index is 0.541. The molecule has 1 saturated heterocycles. The number of thioether (sulfide) groups is 1. The molecule has 0 bridgehead atoms. The Morgan fingerprint density at radius 1 is 1.25 bits per heavy atom. The molecule has 110 valence electrons. The largest absolute Gasteiger partial charge is 0.381 e. The van der Waals surface area contributed by atoms with E-state index in [4.69, 9.17) is 4.74 Å². The second-order valence-corrected chi connectivity index (χ2v) is 7.37. The van der Waals surface area contributed by atoms with Crippen LogP contribution < -0.4 is 5.32 Å². The predicted octanol–water partition coefficient (Wildman–Crippen LogP) is 3.56. The summed E-state index contributed by atoms with van der Waals surface area (Å²) in [5.41, 5.74) is 3.08. The Morgan fingerprint density at radius 2 is 2.05 bits per heavy atom. The van der Waals surface area contributed by atoms with Crippen LogP contribution >= 0.6 is 11.8 Å². The Hall–Kier alpha value is -0.510. The van der Waals surface area contributed by atoms with E-state index in [2.05, 4.69) is 48.3 Å². The monoisotopic (exact) mass is 291 g/mol. The molecule has 1 aliphatic carbocycles. The lowest BCUT2D eigenvalue weighted by molar-refractivity contribution is 0.0999. The number of hydrogen-bond acceptors (Lipinski definition) is 3. The van der Waals surface area contributed by atoms with Gasteiger partial charge in [-0.3, -0.25) is 0 Å². The van der Waals surface area contributed by atoms with Gasteiger partial charge in [-0.2, -0.15) is 11.8 Å². The summed E-state index contributed by atoms with van der Waals surface area (Å²) < 4.78 is 5.49. The number of fused-ring (bicyclic) bond motifs is 1. The summed E-state index contributed by atoms with van der Waals surface area (Å²) in [6, 6.07) is 9.52. The summed E-state index contributed by atoms with van der Waals surface area (Å²) in [4.78, 5) is 0. The van der Waals surface area contributed by atoms with Crippen LogP contribution in [0.1, 0.15) is 43.4 Å². The third-order valence-electron chi connectivity index (χ3n) is 4.33. The number of hydrogen-bond donors (Lipinski definition) is 1. The maximum absolute atomic E-state index is 5.49. The maximum Gasteiger partial charge on any atom is 0.0476 e. The van der Waals surface area contributed by atoms with Gasteiger partial charge < -0.3 is 10.1 Å². The van der Waals surface area contributed by atoms with Crippen LogP contribution in [0.3, 0.4) is 0 Å². The molecular weight excluding hydrogens is 266 g/mol. The molecule has 1 heterocycles. The first kappa shape index (κ1) is 14.4. The number of ether oxygens (including phenoxy) is 1. The van der Waals surface area contributed by atoms with Crippen molar-refractivity contribution >= 4 is 11.8 Å². The van der Waals surface area contributed by atoms with Crippen molar-refractivity contribution < 1.29 is 4.74 Å². The van der Waals surface area contributed by atoms with E-state index in [0.29, 0.717) is 11.3 Å². The smallest absolute Gasteiger partial charge is 0.0476 e. The summed E-state index contributed by atoms with van der Waals surface area (Å²) in [7, 11) is 0. The molecular formula is C17H25NOS. The van der Waals surface area contributed by atoms with Crippen molar-refractivity contribution in [3.8, 4) is 0 Å². The quantitative estimate of drug-likeness (QED) is 0.896. The van der Waals surface area contributed by atoms with Gasteiger partial charge in [0.2, 0.25) is 0 Å². The van der Waals surface area contributed by atoms with Crippen molar-refractivity contribution in [3.05, 3.63) is 35.4 Å². The highest BCUT2D eigenvalue weighted by atomic mass is 32.2. The Kier molecular flexibility index (Phi) is 5.03. The van der Waals surface area contributed by atoms with E-state index in [9.17, 15) is 0 Å². The molecule has 0 saturated carbocycles. The molecule has 3 rings (SSSR count). The van der Waals surface area contributed by atoms with Crippen molar-refractivity contribution in [3.63, 3.8) is 0 Å². The topological polar surface area (TPSA) is 21.3 Å². The average Bonchev–Trinajstić information content (AvgIpc) is 2.83. The molecule has 2 nitrogen and oxygen atoms in total. The molecule has 3 heteroatoms. The predicted molar refractivity (Wildman–Crippen MR) is 86.4 cm³/mol. The van der Waals surface area contributed by atoms with Crippen molar-refractivity contribution in [1.82, 2.24) is 5.32 Å². The van der Waals surface area contributed by atoms with Crippen LogP contribution in [-0.2, 0) is 11.2 Å². The molecule has 0 aromatic heterocycles. The molecule has 20 heavy (non-hydrogen) atoms. The summed E-state index contributed by atoms with van der Waals surface area (Å²) in [5, 5.41) is 5.26. The number of benzene rings is 1. The van der Waals surface area contributed by atoms with Gasteiger partial charge in [-0.15, -0.1) is 0 Å². The van der Waals surface area contributed by atoms with Gasteiger partial charge in [-0.1, -0.05) is 31.2 Å². The molecule has 0 spiro atoms. The van der Waals surface area contributed by atoms with Crippen LogP contribution in [0.2, 0.25) is 0 Å². The van der Waals surface area contributed by atoms with Gasteiger partial charge in [-0.05, 0) is 43.4 Å². The van der Waals surface area contributed by atoms with Gasteiger partial charge in [0.25, 0.3) is 0 Å². The molecule has 2 unspecified atom stereocenters. The first-order valence-corrected chi connectivity index (χ1v) is 8.87. The van der Waals surface area contributed by atoms with Crippen LogP contribution in [0.25, 0.3) is 0 Å². The van der Waals surface area contributed by atoms with Gasteiger partial charge in [0.1, 0.15) is 0 Å². The molecule has 2 atom stereocenters. The van der Waals surface area contributed by atoms with Gasteiger partial charge in [-0.25, -0.2) is 0 Å². The van der Waals surface area contributed by atoms with Crippen LogP contribution in [0.4, 0.5) is 0 Å². The summed E-state index contributed by atoms with van der Waals surface area (Å²) in [5.74, 6) is 0. The standard InChI is InChI=1S/C17H25NOS/c1-2-9-18-17-15-6-4-3-5-13(15)12-16(17)20-14-7-10-19-11-8-14/h3-6,14,16-18H,2,7-12H2,1H3. The minimum atomic E-state index is 0.541. The first-order chi connectivity index (χ1) is 9.88. The van der Waals surface area contributed by atoms with Crippen molar-refractivity contribution in [2.45, 2.75) is 49.1 Å². The molecule has 1 aliphatic heterocycles. The van der Waals surface area contributed by atoms with Crippen molar-refractivity contribution in [2.75, 3.05) is 19.8 Å². The molecule has 1 aromatic rings. The third-order valence-corrected chi connectivity index (χ3v) is 5.98. The van der Waals surface area contributed by atoms with E-state index in [1.54, 1.807) is 5.56 Å². The molecule has 1 aromatic carbocycles. The highest BCUT2D eigenvalue weighted by Gasteiger charge is 2.34. The average molecular weight is 291 g/mol. The van der Waals surface area contributed by atoms with Gasteiger partial charge in [0.05, 0.1) is 0 Å². The minimum Gasteiger partial charge on any atom is -0.381 e. The van der Waals surface area contributed by atoms with E-state index in [1.165, 1.54) is 31.2 Å². The third kappa shape index (κ3) is 3.21. The maximum atomic E-state index is 5.49. The SMILES string of the molecule is CCCNC1c2ccccc2CC1SC1CCOCC1. The lowest BCUT2D eigenvalue weighted by Gasteiger charge is -2.28. The second kappa shape index (κ2) is 6.97. The summed E-state index contributed by atoms with van der Waals surface area (Å²) >= 11 is 2.20. The molecule has 2 aliphatic rings. The Morgan fingerprint density at radius 3 is 2.85 bits per heavy atom. The Bertz CT molecular complexity index is 431. The zero-order chi connectivity index (χ0) is 13.8. The molecule has 0 radical (unpaired) electrons. The summed E-state index contributed by atoms with van der Waals surface area (Å²) in [6.45, 7) is 5.26. The molecule has 1 N–H and O–H groups in total. The van der Waals surface area contributed by atoms with E-state index < -0.39 is 0 Å². The first-order valence-electron chi connectivity index (χ1n) is 7.93. The summed E-state index contributed by atoms with van der Waals surface area (Å²) in [6.07, 6.45) is 4.86. The lowest BCUT2D eigenvalue weighted by Crippen LogP contribution is -2.30.